The lowest BCUT2D eigenvalue weighted by Crippen LogP contribution is -2.05. The van der Waals surface area contributed by atoms with Crippen LogP contribution in [-0.2, 0) is 11.3 Å². The highest BCUT2D eigenvalue weighted by Gasteiger charge is 2.15. The zero-order valence-electron chi connectivity index (χ0n) is 11.6. The van der Waals surface area contributed by atoms with Crippen molar-refractivity contribution in [2.45, 2.75) is 20.5 Å². The van der Waals surface area contributed by atoms with Gasteiger partial charge in [0.05, 0.1) is 10.7 Å². The summed E-state index contributed by atoms with van der Waals surface area (Å²) in [5.41, 5.74) is 1.85. The number of carbonyl (C=O) groups excluding carboxylic acids is 1. The van der Waals surface area contributed by atoms with Crippen molar-refractivity contribution >= 4 is 23.2 Å². The zero-order valence-corrected chi connectivity index (χ0v) is 12.3. The maximum atomic E-state index is 12.0. The Balaban J connectivity index is 1.74. The Hall–Kier alpha value is -2.27. The number of hydrogen-bond donors (Lipinski definition) is 0. The van der Waals surface area contributed by atoms with Crippen LogP contribution in [-0.4, -0.2) is 15.4 Å². The summed E-state index contributed by atoms with van der Waals surface area (Å²) in [7, 11) is 0. The summed E-state index contributed by atoms with van der Waals surface area (Å²) in [6.07, 6.45) is 3.53. The van der Waals surface area contributed by atoms with Crippen LogP contribution >= 0.6 is 11.6 Å². The van der Waals surface area contributed by atoms with E-state index in [0.29, 0.717) is 27.8 Å². The molecule has 0 spiro atoms. The number of ether oxygens (including phenoxy) is 1. The molecular weight excluding hydrogens is 292 g/mol. The topological polar surface area (TPSA) is 56.7 Å². The van der Waals surface area contributed by atoms with Gasteiger partial charge in [0.15, 0.2) is 0 Å². The summed E-state index contributed by atoms with van der Waals surface area (Å²) < 4.78 is 12.4. The van der Waals surface area contributed by atoms with Crippen molar-refractivity contribution in [3.05, 3.63) is 58.4 Å². The van der Waals surface area contributed by atoms with E-state index in [1.54, 1.807) is 48.8 Å². The van der Waals surface area contributed by atoms with Crippen LogP contribution < -0.4 is 0 Å². The molecule has 108 valence electrons. The number of esters is 1. The van der Waals surface area contributed by atoms with E-state index in [2.05, 4.69) is 4.98 Å². The minimum Gasteiger partial charge on any atom is -0.466 e. The van der Waals surface area contributed by atoms with Gasteiger partial charge in [-0.3, -0.25) is 0 Å². The zero-order chi connectivity index (χ0) is 15.0. The summed E-state index contributed by atoms with van der Waals surface area (Å²) in [6.45, 7) is 3.62. The first kappa shape index (κ1) is 13.7. The Morgan fingerprint density at radius 1 is 1.38 bits per heavy atom. The molecule has 0 N–H and O–H groups in total. The molecule has 0 saturated heterocycles. The van der Waals surface area contributed by atoms with Gasteiger partial charge in [-0.1, -0.05) is 11.6 Å². The molecule has 0 unspecified atom stereocenters. The smallest absolute Gasteiger partial charge is 0.342 e. The fourth-order valence-electron chi connectivity index (χ4n) is 2.14. The monoisotopic (exact) mass is 304 g/mol. The van der Waals surface area contributed by atoms with Crippen molar-refractivity contribution < 1.29 is 13.9 Å². The first-order chi connectivity index (χ1) is 10.0. The van der Waals surface area contributed by atoms with Crippen LogP contribution in [0.25, 0.3) is 5.65 Å². The van der Waals surface area contributed by atoms with Crippen LogP contribution in [0.15, 0.2) is 35.0 Å². The summed E-state index contributed by atoms with van der Waals surface area (Å²) in [5, 5.41) is 0.618. The van der Waals surface area contributed by atoms with Gasteiger partial charge in [-0.2, -0.15) is 0 Å². The van der Waals surface area contributed by atoms with Crippen LogP contribution in [0.1, 0.15) is 27.6 Å². The Morgan fingerprint density at radius 2 is 2.19 bits per heavy atom. The third kappa shape index (κ3) is 2.78. The molecule has 0 aromatic carbocycles. The van der Waals surface area contributed by atoms with Crippen LogP contribution in [0.3, 0.4) is 0 Å². The molecular formula is C15H13ClN2O3. The van der Waals surface area contributed by atoms with E-state index in [0.717, 1.165) is 5.65 Å². The molecule has 0 saturated carbocycles. The molecule has 0 aliphatic rings. The van der Waals surface area contributed by atoms with Gasteiger partial charge in [-0.15, -0.1) is 0 Å². The highest BCUT2D eigenvalue weighted by Crippen LogP contribution is 2.16. The first-order valence-electron chi connectivity index (χ1n) is 6.40. The number of rotatable bonds is 3. The number of halogens is 1. The third-order valence-electron chi connectivity index (χ3n) is 3.08. The van der Waals surface area contributed by atoms with E-state index in [1.165, 1.54) is 0 Å². The van der Waals surface area contributed by atoms with E-state index >= 15 is 0 Å². The van der Waals surface area contributed by atoms with E-state index < -0.39 is 5.97 Å². The molecule has 5 nitrogen and oxygen atoms in total. The average Bonchev–Trinajstić information content (AvgIpc) is 2.98. The molecule has 0 radical (unpaired) electrons. The van der Waals surface area contributed by atoms with Crippen LogP contribution in [0, 0.1) is 13.8 Å². The maximum absolute atomic E-state index is 12.0. The van der Waals surface area contributed by atoms with Gasteiger partial charge < -0.3 is 13.6 Å². The van der Waals surface area contributed by atoms with Gasteiger partial charge in [0.1, 0.15) is 29.3 Å². The van der Waals surface area contributed by atoms with Crippen LogP contribution in [0.4, 0.5) is 0 Å². The fourth-order valence-corrected chi connectivity index (χ4v) is 2.31. The molecule has 0 amide bonds. The number of aromatic nitrogens is 2. The van der Waals surface area contributed by atoms with Crippen molar-refractivity contribution in [2.75, 3.05) is 0 Å². The van der Waals surface area contributed by atoms with E-state index in [4.69, 9.17) is 20.8 Å². The predicted octanol–water partition coefficient (Wildman–Crippen LogP) is 3.55. The van der Waals surface area contributed by atoms with Gasteiger partial charge in [0.25, 0.3) is 0 Å². The number of fused-ring (bicyclic) bond motifs is 1. The first-order valence-corrected chi connectivity index (χ1v) is 6.78. The molecule has 0 aliphatic heterocycles. The van der Waals surface area contributed by atoms with Gasteiger partial charge in [0, 0.05) is 12.4 Å². The second-order valence-electron chi connectivity index (χ2n) is 4.75. The fraction of sp³-hybridized carbons (Fsp3) is 0.200. The Morgan fingerprint density at radius 3 is 2.90 bits per heavy atom. The maximum Gasteiger partial charge on any atom is 0.342 e. The van der Waals surface area contributed by atoms with Crippen molar-refractivity contribution in [1.29, 1.82) is 0 Å². The van der Waals surface area contributed by atoms with Crippen molar-refractivity contribution in [1.82, 2.24) is 9.38 Å². The van der Waals surface area contributed by atoms with Gasteiger partial charge in [-0.05, 0) is 32.0 Å². The minimum atomic E-state index is -0.417. The summed E-state index contributed by atoms with van der Waals surface area (Å²) in [5.74, 6) is 0.820. The van der Waals surface area contributed by atoms with Crippen molar-refractivity contribution in [3.63, 3.8) is 0 Å². The van der Waals surface area contributed by atoms with Crippen molar-refractivity contribution in [2.24, 2.45) is 0 Å². The highest BCUT2D eigenvalue weighted by molar-refractivity contribution is 6.30. The van der Waals surface area contributed by atoms with E-state index in [9.17, 15) is 4.79 Å². The number of hydrogen-bond acceptors (Lipinski definition) is 4. The number of carbonyl (C=O) groups is 1. The largest absolute Gasteiger partial charge is 0.466 e. The second-order valence-corrected chi connectivity index (χ2v) is 5.18. The van der Waals surface area contributed by atoms with Gasteiger partial charge >= 0.3 is 5.97 Å². The molecule has 0 atom stereocenters. The molecule has 21 heavy (non-hydrogen) atoms. The van der Waals surface area contributed by atoms with E-state index in [-0.39, 0.29) is 6.61 Å². The minimum absolute atomic E-state index is 0.0990. The SMILES string of the molecule is Cc1cc(C(=O)OCc2cn3cc(Cl)ccc3n2)c(C)o1. The Kier molecular flexibility index (Phi) is 3.43. The Bertz CT molecular complexity index is 820. The molecule has 6 heteroatoms. The number of aryl methyl sites for hydroxylation is 2. The average molecular weight is 305 g/mol. The summed E-state index contributed by atoms with van der Waals surface area (Å²) in [4.78, 5) is 16.3. The Labute approximate surface area is 126 Å². The van der Waals surface area contributed by atoms with Gasteiger partial charge in [-0.25, -0.2) is 9.78 Å². The number of furan rings is 1. The molecule has 3 heterocycles. The summed E-state index contributed by atoms with van der Waals surface area (Å²) in [6, 6.07) is 5.23. The second kappa shape index (κ2) is 5.26. The molecule has 0 fully saturated rings. The lowest BCUT2D eigenvalue weighted by Gasteiger charge is -2.00. The number of imidazole rings is 1. The molecule has 3 rings (SSSR count). The van der Waals surface area contributed by atoms with Crippen molar-refractivity contribution in [3.8, 4) is 0 Å². The lowest BCUT2D eigenvalue weighted by atomic mass is 10.2. The number of pyridine rings is 1. The normalized spacial score (nSPS) is 11.0. The van der Waals surface area contributed by atoms with E-state index in [1.807, 2.05) is 0 Å². The molecule has 0 aliphatic carbocycles. The van der Waals surface area contributed by atoms with Crippen LogP contribution in [0.5, 0.6) is 0 Å². The number of nitrogens with zero attached hydrogens (tertiary/aromatic N) is 2. The molecule has 0 bridgehead atoms. The summed E-state index contributed by atoms with van der Waals surface area (Å²) >= 11 is 5.91. The predicted molar refractivity (Wildman–Crippen MR) is 77.5 cm³/mol. The molecule has 3 aromatic heterocycles. The standard InChI is InChI=1S/C15H13ClN2O3/c1-9-5-13(10(2)21-9)15(19)20-8-12-7-18-6-11(16)3-4-14(18)17-12/h3-7H,8H2,1-2H3. The third-order valence-corrected chi connectivity index (χ3v) is 3.30. The lowest BCUT2D eigenvalue weighted by molar-refractivity contribution is 0.0466. The van der Waals surface area contributed by atoms with Crippen LogP contribution in [0.2, 0.25) is 5.02 Å². The molecule has 3 aromatic rings. The van der Waals surface area contributed by atoms with Gasteiger partial charge in [0.2, 0.25) is 0 Å². The highest BCUT2D eigenvalue weighted by atomic mass is 35.5. The quantitative estimate of drug-likeness (QED) is 0.694.